The number of benzene rings is 1. The van der Waals surface area contributed by atoms with E-state index in [1.807, 2.05) is 6.92 Å². The van der Waals surface area contributed by atoms with Crippen LogP contribution < -0.4 is 9.64 Å². The second kappa shape index (κ2) is 7.20. The van der Waals surface area contributed by atoms with Crippen molar-refractivity contribution in [3.05, 3.63) is 48.8 Å². The van der Waals surface area contributed by atoms with Gasteiger partial charge in [-0.2, -0.15) is 0 Å². The van der Waals surface area contributed by atoms with Crippen molar-refractivity contribution >= 4 is 24.0 Å². The summed E-state index contributed by atoms with van der Waals surface area (Å²) in [5.74, 6) is -0.199. The lowest BCUT2D eigenvalue weighted by molar-refractivity contribution is -0.148. The lowest BCUT2D eigenvalue weighted by Gasteiger charge is -2.27. The number of aromatic nitrogens is 1. The van der Waals surface area contributed by atoms with Gasteiger partial charge in [0.15, 0.2) is 0 Å². The highest BCUT2D eigenvalue weighted by molar-refractivity contribution is 5.92. The predicted octanol–water partition coefficient (Wildman–Crippen LogP) is 2.30. The van der Waals surface area contributed by atoms with Crippen molar-refractivity contribution in [3.63, 3.8) is 0 Å². The summed E-state index contributed by atoms with van der Waals surface area (Å²) in [6.07, 6.45) is 5.08. The number of carboxylic acids is 1. The Balaban J connectivity index is 1.44. The Morgan fingerprint density at radius 2 is 2.03 bits per heavy atom. The number of amides is 2. The monoisotopic (exact) mass is 395 g/mol. The number of hydrogen-bond donors (Lipinski definition) is 1. The third kappa shape index (κ3) is 3.65. The maximum atomic E-state index is 12.8. The van der Waals surface area contributed by atoms with E-state index in [9.17, 15) is 19.5 Å². The van der Waals surface area contributed by atoms with Gasteiger partial charge in [-0.05, 0) is 54.7 Å². The van der Waals surface area contributed by atoms with Crippen molar-refractivity contribution in [2.45, 2.75) is 31.8 Å². The quantitative estimate of drug-likeness (QED) is 0.722. The molecule has 1 aromatic carbocycles. The normalized spacial score (nSPS) is 24.5. The number of likely N-dealkylation sites (tertiary alicyclic amines) is 1. The number of pyridine rings is 1. The molecule has 0 unspecified atom stereocenters. The first kappa shape index (κ1) is 18.9. The number of nitrogens with zero attached hydrogens (tertiary/aromatic N) is 3. The van der Waals surface area contributed by atoms with Crippen LogP contribution in [-0.2, 0) is 14.4 Å². The van der Waals surface area contributed by atoms with Gasteiger partial charge in [0, 0.05) is 17.9 Å². The molecule has 1 aliphatic heterocycles. The van der Waals surface area contributed by atoms with Crippen LogP contribution in [0.15, 0.2) is 48.8 Å². The van der Waals surface area contributed by atoms with Crippen LogP contribution in [-0.4, -0.2) is 51.9 Å². The highest BCUT2D eigenvalue weighted by atomic mass is 16.5. The maximum Gasteiger partial charge on any atom is 0.326 e. The van der Waals surface area contributed by atoms with Crippen molar-refractivity contribution in [1.82, 2.24) is 9.88 Å². The first-order valence-electron chi connectivity index (χ1n) is 9.35. The Bertz CT molecular complexity index is 933. The number of piperidine rings is 1. The van der Waals surface area contributed by atoms with Gasteiger partial charge in [-0.1, -0.05) is 6.92 Å². The number of ether oxygens (including phenoxy) is 1. The molecule has 8 nitrogen and oxygen atoms in total. The van der Waals surface area contributed by atoms with Crippen LogP contribution in [0.4, 0.5) is 5.69 Å². The molecule has 4 rings (SSSR count). The van der Waals surface area contributed by atoms with Gasteiger partial charge >= 0.3 is 5.97 Å². The number of aliphatic carboxylic acids is 1. The van der Waals surface area contributed by atoms with E-state index >= 15 is 0 Å². The zero-order valence-corrected chi connectivity index (χ0v) is 15.9. The average Bonchev–Trinajstić information content (AvgIpc) is 3.27. The molecular formula is C21H21N3O5. The van der Waals surface area contributed by atoms with Gasteiger partial charge in [-0.3, -0.25) is 14.6 Å². The SMILES string of the molecule is C[C@@]12C[C@@H]1N(C(=O)CN(C=O)c1ccc(Oc3cccnc3)cc1)[C@H](C(=O)O)C2. The molecule has 0 bridgehead atoms. The number of carbonyl (C=O) groups is 3. The lowest BCUT2D eigenvalue weighted by atomic mass is 10.0. The largest absolute Gasteiger partial charge is 0.480 e. The fourth-order valence-corrected chi connectivity index (χ4v) is 4.01. The summed E-state index contributed by atoms with van der Waals surface area (Å²) < 4.78 is 5.67. The lowest BCUT2D eigenvalue weighted by Crippen LogP contribution is -2.47. The van der Waals surface area contributed by atoms with E-state index in [1.54, 1.807) is 48.8 Å². The minimum Gasteiger partial charge on any atom is -0.480 e. The van der Waals surface area contributed by atoms with E-state index in [0.29, 0.717) is 30.0 Å². The molecule has 150 valence electrons. The van der Waals surface area contributed by atoms with Crippen molar-refractivity contribution in [2.75, 3.05) is 11.4 Å². The van der Waals surface area contributed by atoms with Crippen molar-refractivity contribution < 1.29 is 24.2 Å². The summed E-state index contributed by atoms with van der Waals surface area (Å²) in [6, 6.07) is 9.39. The predicted molar refractivity (Wildman–Crippen MR) is 104 cm³/mol. The first-order valence-corrected chi connectivity index (χ1v) is 9.35. The summed E-state index contributed by atoms with van der Waals surface area (Å²) in [4.78, 5) is 42.7. The van der Waals surface area contributed by atoms with Crippen LogP contribution in [0.3, 0.4) is 0 Å². The first-order chi connectivity index (χ1) is 13.9. The minimum absolute atomic E-state index is 0.0557. The van der Waals surface area contributed by atoms with Crippen LogP contribution >= 0.6 is 0 Å². The molecule has 2 fully saturated rings. The topological polar surface area (TPSA) is 100 Å². The number of rotatable bonds is 7. The van der Waals surface area contributed by atoms with Gasteiger partial charge in [-0.15, -0.1) is 0 Å². The molecule has 8 heteroatoms. The summed E-state index contributed by atoms with van der Waals surface area (Å²) in [5.41, 5.74) is 0.409. The van der Waals surface area contributed by atoms with Crippen molar-refractivity contribution in [2.24, 2.45) is 5.41 Å². The Morgan fingerprint density at radius 1 is 1.28 bits per heavy atom. The van der Waals surface area contributed by atoms with Crippen LogP contribution in [0.2, 0.25) is 0 Å². The average molecular weight is 395 g/mol. The Labute approximate surface area is 167 Å². The molecule has 2 heterocycles. The van der Waals surface area contributed by atoms with E-state index in [4.69, 9.17) is 4.74 Å². The van der Waals surface area contributed by atoms with Gasteiger partial charge in [-0.25, -0.2) is 4.79 Å². The summed E-state index contributed by atoms with van der Waals surface area (Å²) >= 11 is 0. The number of carboxylic acid groups (broad SMARTS) is 1. The minimum atomic E-state index is -0.999. The van der Waals surface area contributed by atoms with Crippen LogP contribution in [0.5, 0.6) is 11.5 Å². The Morgan fingerprint density at radius 3 is 2.66 bits per heavy atom. The number of carbonyl (C=O) groups excluding carboxylic acids is 2. The van der Waals surface area contributed by atoms with Crippen LogP contribution in [0.1, 0.15) is 19.8 Å². The third-order valence-electron chi connectivity index (χ3n) is 5.68. The molecule has 0 radical (unpaired) electrons. The maximum absolute atomic E-state index is 12.8. The fraction of sp³-hybridized carbons (Fsp3) is 0.333. The van der Waals surface area contributed by atoms with Crippen LogP contribution in [0.25, 0.3) is 0 Å². The Kier molecular flexibility index (Phi) is 4.70. The van der Waals surface area contributed by atoms with E-state index in [2.05, 4.69) is 4.98 Å². The number of hydrogen-bond acceptors (Lipinski definition) is 5. The van der Waals surface area contributed by atoms with E-state index in [0.717, 1.165) is 6.42 Å². The summed E-state index contributed by atoms with van der Waals surface area (Å²) in [6.45, 7) is 1.79. The van der Waals surface area contributed by atoms with E-state index < -0.39 is 12.0 Å². The molecule has 1 N–H and O–H groups in total. The number of anilines is 1. The molecule has 2 amide bonds. The smallest absolute Gasteiger partial charge is 0.326 e. The molecule has 2 aliphatic rings. The molecule has 1 saturated heterocycles. The highest BCUT2D eigenvalue weighted by Gasteiger charge is 2.64. The molecule has 3 atom stereocenters. The van der Waals surface area contributed by atoms with Crippen molar-refractivity contribution in [1.29, 1.82) is 0 Å². The fourth-order valence-electron chi connectivity index (χ4n) is 4.01. The Hall–Kier alpha value is -3.42. The molecular weight excluding hydrogens is 374 g/mol. The zero-order valence-electron chi connectivity index (χ0n) is 15.9. The second-order valence-corrected chi connectivity index (χ2v) is 7.75. The zero-order chi connectivity index (χ0) is 20.6. The van der Waals surface area contributed by atoms with Gasteiger partial charge in [0.05, 0.1) is 6.20 Å². The highest BCUT2D eigenvalue weighted by Crippen LogP contribution is 2.59. The molecule has 1 aliphatic carbocycles. The molecule has 29 heavy (non-hydrogen) atoms. The van der Waals surface area contributed by atoms with Gasteiger partial charge in [0.2, 0.25) is 12.3 Å². The molecule has 0 spiro atoms. The second-order valence-electron chi connectivity index (χ2n) is 7.75. The summed E-state index contributed by atoms with van der Waals surface area (Å²) in [5, 5.41) is 9.45. The molecule has 1 aromatic heterocycles. The number of fused-ring (bicyclic) bond motifs is 1. The van der Waals surface area contributed by atoms with Crippen LogP contribution in [0, 0.1) is 5.41 Å². The third-order valence-corrected chi connectivity index (χ3v) is 5.68. The summed E-state index contributed by atoms with van der Waals surface area (Å²) in [7, 11) is 0. The molecule has 2 aromatic rings. The standard InChI is InChI=1S/C21H21N3O5/c1-21-9-17(20(27)28)24(18(21)10-21)19(26)12-23(13-25)14-4-6-15(7-5-14)29-16-3-2-8-22-11-16/h2-8,11,13,17-18H,9-10,12H2,1H3,(H,27,28)/t17-,18-,21+/m0/s1. The van der Waals surface area contributed by atoms with E-state index in [1.165, 1.54) is 9.80 Å². The van der Waals surface area contributed by atoms with Crippen molar-refractivity contribution in [3.8, 4) is 11.5 Å². The van der Waals surface area contributed by atoms with Gasteiger partial charge < -0.3 is 19.6 Å². The van der Waals surface area contributed by atoms with Gasteiger partial charge in [0.25, 0.3) is 0 Å². The molecule has 1 saturated carbocycles. The van der Waals surface area contributed by atoms with E-state index in [-0.39, 0.29) is 23.9 Å². The van der Waals surface area contributed by atoms with Gasteiger partial charge in [0.1, 0.15) is 24.1 Å².